The smallest absolute Gasteiger partial charge is 0.412 e. The maximum Gasteiger partial charge on any atom is 0.412 e. The van der Waals surface area contributed by atoms with Gasteiger partial charge >= 0.3 is 6.09 Å². The quantitative estimate of drug-likeness (QED) is 0.925. The second kappa shape index (κ2) is 6.63. The first-order valence-electron chi connectivity index (χ1n) is 8.27. The topological polar surface area (TPSA) is 67.6 Å². The first kappa shape index (κ1) is 17.1. The van der Waals surface area contributed by atoms with Gasteiger partial charge in [-0.05, 0) is 5.56 Å². The molecule has 3 rings (SSSR count). The first-order valence-corrected chi connectivity index (χ1v) is 8.27. The summed E-state index contributed by atoms with van der Waals surface area (Å²) in [6, 6.07) is 9.99. The third-order valence-electron chi connectivity index (χ3n) is 4.30. The minimum absolute atomic E-state index is 0.146. The fraction of sp³-hybridized carbons (Fsp3) is 0.368. The molecule has 1 amide bonds. The highest BCUT2D eigenvalue weighted by Gasteiger charge is 2.35. The number of ether oxygens (including phenoxy) is 1. The van der Waals surface area contributed by atoms with Crippen LogP contribution in [0.15, 0.2) is 49.0 Å². The number of hydrogen-bond acceptors (Lipinski definition) is 3. The molecule has 1 aromatic carbocycles. The van der Waals surface area contributed by atoms with E-state index in [1.807, 2.05) is 57.3 Å². The maximum absolute atomic E-state index is 11.7. The van der Waals surface area contributed by atoms with Gasteiger partial charge in [0.2, 0.25) is 0 Å². The van der Waals surface area contributed by atoms with Crippen LogP contribution in [-0.2, 0) is 11.3 Å². The number of aromatic nitrogens is 2. The van der Waals surface area contributed by atoms with Crippen LogP contribution in [-0.4, -0.2) is 38.5 Å². The largest absolute Gasteiger partial charge is 0.493 e. The number of benzene rings is 1. The normalized spacial score (nSPS) is 17.8. The molecule has 25 heavy (non-hydrogen) atoms. The summed E-state index contributed by atoms with van der Waals surface area (Å²) in [5.74, 6) is 0. The molecule has 0 saturated heterocycles. The minimum atomic E-state index is -0.986. The zero-order chi connectivity index (χ0) is 18.0. The van der Waals surface area contributed by atoms with Gasteiger partial charge in [0.05, 0.1) is 25.0 Å². The molecule has 2 heterocycles. The lowest BCUT2D eigenvalue weighted by atomic mass is 9.88. The van der Waals surface area contributed by atoms with E-state index in [1.54, 1.807) is 10.9 Å². The minimum Gasteiger partial charge on any atom is -0.493 e. The lowest BCUT2D eigenvalue weighted by Gasteiger charge is -2.37. The lowest BCUT2D eigenvalue weighted by Crippen LogP contribution is -2.44. The Morgan fingerprint density at radius 1 is 1.32 bits per heavy atom. The molecule has 1 aromatic heterocycles. The number of carboxylic acid groups (broad SMARTS) is 1. The van der Waals surface area contributed by atoms with Crippen LogP contribution < -0.4 is 0 Å². The third-order valence-corrected chi connectivity index (χ3v) is 4.30. The number of amides is 1. The molecule has 0 saturated carbocycles. The molecular formula is C19H23N3O3. The summed E-state index contributed by atoms with van der Waals surface area (Å²) in [5.41, 5.74) is 2.24. The van der Waals surface area contributed by atoms with Crippen molar-refractivity contribution in [3.05, 3.63) is 60.1 Å². The average Bonchev–Trinajstić information content (AvgIpc) is 3.02. The van der Waals surface area contributed by atoms with Gasteiger partial charge in [0.1, 0.15) is 12.4 Å². The lowest BCUT2D eigenvalue weighted by molar-refractivity contribution is 0.0144. The van der Waals surface area contributed by atoms with Gasteiger partial charge < -0.3 is 9.84 Å². The molecule has 0 bridgehead atoms. The molecule has 1 atom stereocenters. The summed E-state index contributed by atoms with van der Waals surface area (Å²) in [6.45, 7) is 7.04. The van der Waals surface area contributed by atoms with Crippen molar-refractivity contribution < 1.29 is 14.6 Å². The Kier molecular flexibility index (Phi) is 4.53. The van der Waals surface area contributed by atoms with Crippen molar-refractivity contribution in [2.24, 2.45) is 5.41 Å². The van der Waals surface area contributed by atoms with E-state index in [-0.39, 0.29) is 11.5 Å². The second-order valence-corrected chi connectivity index (χ2v) is 7.30. The molecule has 0 aliphatic carbocycles. The fourth-order valence-electron chi connectivity index (χ4n) is 2.75. The van der Waals surface area contributed by atoms with E-state index >= 15 is 0 Å². The predicted molar refractivity (Wildman–Crippen MR) is 94.8 cm³/mol. The first-order chi connectivity index (χ1) is 11.8. The molecule has 1 aliphatic heterocycles. The van der Waals surface area contributed by atoms with Crippen LogP contribution in [0.1, 0.15) is 31.9 Å². The molecule has 132 valence electrons. The van der Waals surface area contributed by atoms with Crippen LogP contribution in [0, 0.1) is 5.41 Å². The van der Waals surface area contributed by atoms with Crippen LogP contribution in [0.3, 0.4) is 0 Å². The standard InChI is InChI=1S/C19H23N3O3/c1-19(2,3)17-12-22(18(23)24)16(13-25-17)15-9-20-21(11-15)10-14-7-5-4-6-8-14/h4-9,11,13,17H,10,12H2,1-3H3,(H,23,24). The van der Waals surface area contributed by atoms with Crippen molar-refractivity contribution in [3.8, 4) is 0 Å². The number of nitrogens with zero attached hydrogens (tertiary/aromatic N) is 3. The van der Waals surface area contributed by atoms with E-state index in [1.165, 1.54) is 11.2 Å². The van der Waals surface area contributed by atoms with E-state index < -0.39 is 6.09 Å². The predicted octanol–water partition coefficient (Wildman–Crippen LogP) is 3.65. The Bertz CT molecular complexity index is 775. The molecule has 1 aliphatic rings. The van der Waals surface area contributed by atoms with Gasteiger partial charge in [-0.2, -0.15) is 5.10 Å². The summed E-state index contributed by atoms with van der Waals surface area (Å²) in [6.07, 6.45) is 3.88. The highest BCUT2D eigenvalue weighted by Crippen LogP contribution is 2.31. The van der Waals surface area contributed by atoms with E-state index in [9.17, 15) is 9.90 Å². The van der Waals surface area contributed by atoms with Crippen molar-refractivity contribution in [2.75, 3.05) is 6.54 Å². The average molecular weight is 341 g/mol. The van der Waals surface area contributed by atoms with Gasteiger partial charge in [-0.1, -0.05) is 51.1 Å². The van der Waals surface area contributed by atoms with Gasteiger partial charge in [0, 0.05) is 17.2 Å². The summed E-state index contributed by atoms with van der Waals surface area (Å²) in [5, 5.41) is 13.9. The second-order valence-electron chi connectivity index (χ2n) is 7.30. The van der Waals surface area contributed by atoms with Crippen molar-refractivity contribution in [2.45, 2.75) is 33.4 Å². The fourth-order valence-corrected chi connectivity index (χ4v) is 2.75. The van der Waals surface area contributed by atoms with Crippen molar-refractivity contribution in [3.63, 3.8) is 0 Å². The zero-order valence-electron chi connectivity index (χ0n) is 14.7. The molecule has 6 nitrogen and oxygen atoms in total. The molecule has 0 fully saturated rings. The SMILES string of the molecule is CC(C)(C)C1CN(C(=O)O)C(c2cnn(Cc3ccccc3)c2)=CO1. The van der Waals surface area contributed by atoms with Gasteiger partial charge in [-0.25, -0.2) is 4.79 Å². The van der Waals surface area contributed by atoms with Gasteiger partial charge in [-0.3, -0.25) is 9.58 Å². The number of rotatable bonds is 3. The summed E-state index contributed by atoms with van der Waals surface area (Å²) < 4.78 is 7.61. The van der Waals surface area contributed by atoms with Gasteiger partial charge in [0.15, 0.2) is 0 Å². The zero-order valence-corrected chi connectivity index (χ0v) is 14.7. The van der Waals surface area contributed by atoms with Gasteiger partial charge in [-0.15, -0.1) is 0 Å². The van der Waals surface area contributed by atoms with Crippen molar-refractivity contribution in [1.82, 2.24) is 14.7 Å². The molecular weight excluding hydrogens is 318 g/mol. The van der Waals surface area contributed by atoms with Crippen LogP contribution in [0.25, 0.3) is 5.70 Å². The van der Waals surface area contributed by atoms with E-state index in [0.29, 0.717) is 18.8 Å². The Morgan fingerprint density at radius 2 is 2.04 bits per heavy atom. The Labute approximate surface area is 147 Å². The molecule has 0 radical (unpaired) electrons. The summed E-state index contributed by atoms with van der Waals surface area (Å²) >= 11 is 0. The Morgan fingerprint density at radius 3 is 2.68 bits per heavy atom. The van der Waals surface area contributed by atoms with Crippen LogP contribution in [0.5, 0.6) is 0 Å². The molecule has 0 spiro atoms. The number of carbonyl (C=O) groups is 1. The van der Waals surface area contributed by atoms with E-state index in [2.05, 4.69) is 5.10 Å². The summed E-state index contributed by atoms with van der Waals surface area (Å²) in [4.78, 5) is 13.0. The van der Waals surface area contributed by atoms with Gasteiger partial charge in [0.25, 0.3) is 0 Å². The molecule has 6 heteroatoms. The highest BCUT2D eigenvalue weighted by atomic mass is 16.5. The van der Waals surface area contributed by atoms with Crippen LogP contribution in [0.4, 0.5) is 4.79 Å². The Hall–Kier alpha value is -2.76. The monoisotopic (exact) mass is 341 g/mol. The van der Waals surface area contributed by atoms with Crippen molar-refractivity contribution >= 4 is 11.8 Å². The Balaban J connectivity index is 1.82. The van der Waals surface area contributed by atoms with Crippen molar-refractivity contribution in [1.29, 1.82) is 0 Å². The maximum atomic E-state index is 11.7. The molecule has 1 unspecified atom stereocenters. The van der Waals surface area contributed by atoms with E-state index in [4.69, 9.17) is 4.74 Å². The highest BCUT2D eigenvalue weighted by molar-refractivity contribution is 5.80. The third kappa shape index (κ3) is 3.84. The van der Waals surface area contributed by atoms with Crippen LogP contribution in [0.2, 0.25) is 0 Å². The van der Waals surface area contributed by atoms with Crippen LogP contribution >= 0.6 is 0 Å². The number of hydrogen-bond donors (Lipinski definition) is 1. The molecule has 2 aromatic rings. The van der Waals surface area contributed by atoms with E-state index in [0.717, 1.165) is 11.1 Å². The molecule has 1 N–H and O–H groups in total. The summed E-state index contributed by atoms with van der Waals surface area (Å²) in [7, 11) is 0.